The molecule has 31 heavy (non-hydrogen) atoms. The van der Waals surface area contributed by atoms with E-state index in [-0.39, 0.29) is 19.1 Å². The second kappa shape index (κ2) is 11.0. The second-order valence-electron chi connectivity index (χ2n) is 6.92. The van der Waals surface area contributed by atoms with E-state index in [0.717, 1.165) is 20.2 Å². The fourth-order valence-corrected chi connectivity index (χ4v) is 4.83. The lowest BCUT2D eigenvalue weighted by atomic mass is 10.1. The molecule has 9 heteroatoms. The van der Waals surface area contributed by atoms with E-state index in [1.54, 1.807) is 19.1 Å². The molecule has 1 heterocycles. The van der Waals surface area contributed by atoms with Crippen molar-refractivity contribution in [1.29, 1.82) is 0 Å². The first kappa shape index (κ1) is 23.6. The largest absolute Gasteiger partial charge is 0.482 e. The van der Waals surface area contributed by atoms with Gasteiger partial charge < -0.3 is 24.4 Å². The summed E-state index contributed by atoms with van der Waals surface area (Å²) in [7, 11) is 0. The highest BCUT2D eigenvalue weighted by molar-refractivity contribution is 9.11. The summed E-state index contributed by atoms with van der Waals surface area (Å²) in [5.41, 5.74) is 2.58. The quantitative estimate of drug-likeness (QED) is 0.505. The van der Waals surface area contributed by atoms with Crippen molar-refractivity contribution >= 4 is 55.1 Å². The molecule has 0 aliphatic carbocycles. The van der Waals surface area contributed by atoms with Crippen LogP contribution in [0.25, 0.3) is 0 Å². The van der Waals surface area contributed by atoms with Crippen molar-refractivity contribution in [3.63, 3.8) is 0 Å². The van der Waals surface area contributed by atoms with Crippen LogP contribution in [0.2, 0.25) is 0 Å². The van der Waals surface area contributed by atoms with Crippen molar-refractivity contribution in [3.8, 4) is 5.75 Å². The van der Waals surface area contributed by atoms with Crippen LogP contribution in [0.1, 0.15) is 22.8 Å². The monoisotopic (exact) mass is 554 g/mol. The van der Waals surface area contributed by atoms with Crippen LogP contribution >= 0.6 is 31.9 Å². The molecule has 2 aromatic carbocycles. The second-order valence-corrected chi connectivity index (χ2v) is 8.69. The fraction of sp³-hybridized carbons (Fsp3) is 0.364. The number of esters is 1. The van der Waals surface area contributed by atoms with Gasteiger partial charge in [0.15, 0.2) is 6.61 Å². The number of hydrogen-bond donors (Lipinski definition) is 1. The Morgan fingerprint density at radius 2 is 1.90 bits per heavy atom. The zero-order valence-corrected chi connectivity index (χ0v) is 20.5. The molecule has 2 aromatic rings. The number of halogens is 2. The van der Waals surface area contributed by atoms with Crippen LogP contribution in [0.5, 0.6) is 5.75 Å². The number of aryl methyl sites for hydroxylation is 1. The third kappa shape index (κ3) is 6.21. The van der Waals surface area contributed by atoms with Gasteiger partial charge in [0.1, 0.15) is 5.75 Å². The third-order valence-electron chi connectivity index (χ3n) is 4.67. The number of rotatable bonds is 7. The van der Waals surface area contributed by atoms with Crippen molar-refractivity contribution in [2.75, 3.05) is 49.7 Å². The SMILES string of the molecule is CCOC(=O)c1cc(NC(=O)COc2c(C)cc(Br)cc2Br)ccc1N1CCOCC1. The molecule has 7 nitrogen and oxygen atoms in total. The number of carbonyl (C=O) groups is 2. The van der Waals surface area contributed by atoms with E-state index in [1.165, 1.54) is 0 Å². The standard InChI is InChI=1S/C22H24Br2N2O5/c1-3-30-22(28)17-12-16(4-5-19(17)26-6-8-29-9-7-26)25-20(27)13-31-21-14(2)10-15(23)11-18(21)24/h4-5,10-12H,3,6-9,13H2,1-2H3,(H,25,27). The van der Waals surface area contributed by atoms with Crippen LogP contribution in [0, 0.1) is 6.92 Å². The minimum atomic E-state index is -0.425. The van der Waals surface area contributed by atoms with Gasteiger partial charge in [-0.05, 0) is 65.7 Å². The molecule has 1 fully saturated rings. The van der Waals surface area contributed by atoms with E-state index >= 15 is 0 Å². The summed E-state index contributed by atoms with van der Waals surface area (Å²) in [5, 5.41) is 2.79. The number of anilines is 2. The van der Waals surface area contributed by atoms with Crippen LogP contribution in [-0.2, 0) is 14.3 Å². The molecule has 1 N–H and O–H groups in total. The highest BCUT2D eigenvalue weighted by atomic mass is 79.9. The maximum atomic E-state index is 12.5. The van der Waals surface area contributed by atoms with Gasteiger partial charge in [-0.2, -0.15) is 0 Å². The van der Waals surface area contributed by atoms with E-state index in [2.05, 4.69) is 42.1 Å². The summed E-state index contributed by atoms with van der Waals surface area (Å²) in [6.07, 6.45) is 0. The first-order chi connectivity index (χ1) is 14.9. The lowest BCUT2D eigenvalue weighted by Crippen LogP contribution is -2.37. The summed E-state index contributed by atoms with van der Waals surface area (Å²) >= 11 is 6.87. The minimum Gasteiger partial charge on any atom is -0.482 e. The molecule has 1 saturated heterocycles. The normalized spacial score (nSPS) is 13.6. The third-order valence-corrected chi connectivity index (χ3v) is 5.72. The first-order valence-corrected chi connectivity index (χ1v) is 11.5. The average Bonchev–Trinajstić information content (AvgIpc) is 2.73. The van der Waals surface area contributed by atoms with Crippen LogP contribution in [0.3, 0.4) is 0 Å². The van der Waals surface area contributed by atoms with E-state index in [0.29, 0.717) is 43.3 Å². The van der Waals surface area contributed by atoms with Gasteiger partial charge in [-0.15, -0.1) is 0 Å². The van der Waals surface area contributed by atoms with Crippen LogP contribution in [0.15, 0.2) is 39.3 Å². The van der Waals surface area contributed by atoms with Crippen molar-refractivity contribution in [3.05, 3.63) is 50.4 Å². The molecular weight excluding hydrogens is 532 g/mol. The highest BCUT2D eigenvalue weighted by Gasteiger charge is 2.21. The van der Waals surface area contributed by atoms with E-state index in [1.807, 2.05) is 25.1 Å². The van der Waals surface area contributed by atoms with Crippen molar-refractivity contribution < 1.29 is 23.8 Å². The number of carbonyl (C=O) groups excluding carboxylic acids is 2. The number of benzene rings is 2. The van der Waals surface area contributed by atoms with Crippen LogP contribution in [0.4, 0.5) is 11.4 Å². The zero-order chi connectivity index (χ0) is 22.4. The van der Waals surface area contributed by atoms with Crippen LogP contribution in [-0.4, -0.2) is 51.4 Å². The number of morpholine rings is 1. The molecule has 166 valence electrons. The zero-order valence-electron chi connectivity index (χ0n) is 17.4. The van der Waals surface area contributed by atoms with Gasteiger partial charge in [-0.3, -0.25) is 4.79 Å². The van der Waals surface area contributed by atoms with Crippen molar-refractivity contribution in [1.82, 2.24) is 0 Å². The highest BCUT2D eigenvalue weighted by Crippen LogP contribution is 2.32. The number of nitrogens with one attached hydrogen (secondary N) is 1. The maximum Gasteiger partial charge on any atom is 0.340 e. The number of amides is 1. The Hall–Kier alpha value is -2.10. The predicted octanol–water partition coefficient (Wildman–Crippen LogP) is 4.55. The van der Waals surface area contributed by atoms with Gasteiger partial charge in [0, 0.05) is 23.2 Å². The van der Waals surface area contributed by atoms with Gasteiger partial charge >= 0.3 is 5.97 Å². The first-order valence-electron chi connectivity index (χ1n) is 9.91. The van der Waals surface area contributed by atoms with Gasteiger partial charge in [0.2, 0.25) is 0 Å². The summed E-state index contributed by atoms with van der Waals surface area (Å²) in [6.45, 7) is 6.34. The Morgan fingerprint density at radius 3 is 2.58 bits per heavy atom. The molecule has 0 aromatic heterocycles. The molecule has 1 aliphatic rings. The molecule has 0 spiro atoms. The topological polar surface area (TPSA) is 77.1 Å². The minimum absolute atomic E-state index is 0.166. The number of hydrogen-bond acceptors (Lipinski definition) is 6. The predicted molar refractivity (Wildman–Crippen MR) is 126 cm³/mol. The van der Waals surface area contributed by atoms with Gasteiger partial charge in [-0.1, -0.05) is 15.9 Å². The molecule has 0 saturated carbocycles. The van der Waals surface area contributed by atoms with E-state index in [9.17, 15) is 9.59 Å². The molecule has 1 amide bonds. The number of ether oxygens (including phenoxy) is 3. The molecule has 0 unspecified atom stereocenters. The lowest BCUT2D eigenvalue weighted by Gasteiger charge is -2.30. The Kier molecular flexibility index (Phi) is 8.34. The number of nitrogens with zero attached hydrogens (tertiary/aromatic N) is 1. The lowest BCUT2D eigenvalue weighted by molar-refractivity contribution is -0.118. The van der Waals surface area contributed by atoms with Gasteiger partial charge in [0.25, 0.3) is 5.91 Å². The van der Waals surface area contributed by atoms with Crippen molar-refractivity contribution in [2.45, 2.75) is 13.8 Å². The molecule has 0 atom stereocenters. The summed E-state index contributed by atoms with van der Waals surface area (Å²) in [4.78, 5) is 27.1. The average molecular weight is 556 g/mol. The summed E-state index contributed by atoms with van der Waals surface area (Å²) in [6, 6.07) is 9.00. The maximum absolute atomic E-state index is 12.5. The summed E-state index contributed by atoms with van der Waals surface area (Å²) < 4.78 is 18.0. The smallest absolute Gasteiger partial charge is 0.340 e. The molecule has 0 bridgehead atoms. The molecule has 3 rings (SSSR count). The Balaban J connectivity index is 1.72. The fourth-order valence-electron chi connectivity index (χ4n) is 3.27. The van der Waals surface area contributed by atoms with Crippen LogP contribution < -0.4 is 15.0 Å². The Labute approximate surface area is 198 Å². The van der Waals surface area contributed by atoms with E-state index < -0.39 is 5.97 Å². The van der Waals surface area contributed by atoms with Gasteiger partial charge in [0.05, 0.1) is 35.5 Å². The molecular formula is C22H24Br2N2O5. The Morgan fingerprint density at radius 1 is 1.16 bits per heavy atom. The van der Waals surface area contributed by atoms with Gasteiger partial charge in [-0.25, -0.2) is 4.79 Å². The summed E-state index contributed by atoms with van der Waals surface area (Å²) in [5.74, 6) is -0.151. The molecule has 1 aliphatic heterocycles. The molecule has 0 radical (unpaired) electrons. The Bertz CT molecular complexity index is 938. The van der Waals surface area contributed by atoms with Crippen molar-refractivity contribution in [2.24, 2.45) is 0 Å². The van der Waals surface area contributed by atoms with E-state index in [4.69, 9.17) is 14.2 Å².